The van der Waals surface area contributed by atoms with Crippen LogP contribution in [0, 0.1) is 0 Å². The maximum absolute atomic E-state index is 6.79. The van der Waals surface area contributed by atoms with Crippen LogP contribution in [-0.4, -0.2) is 0 Å². The molecule has 0 radical (unpaired) electrons. The van der Waals surface area contributed by atoms with Crippen molar-refractivity contribution in [2.45, 2.75) is 0 Å². The molecule has 0 aliphatic heterocycles. The maximum Gasteiger partial charge on any atom is 0.143 e. The van der Waals surface area contributed by atoms with Gasteiger partial charge in [-0.05, 0) is 57.6 Å². The van der Waals surface area contributed by atoms with Gasteiger partial charge in [0.2, 0.25) is 0 Å². The van der Waals surface area contributed by atoms with Crippen molar-refractivity contribution in [1.29, 1.82) is 0 Å². The second kappa shape index (κ2) is 9.86. The maximum atomic E-state index is 6.79. The molecule has 0 bridgehead atoms. The summed E-state index contributed by atoms with van der Waals surface area (Å²) >= 11 is 0. The van der Waals surface area contributed by atoms with E-state index >= 15 is 0 Å². The number of hydrogen-bond donors (Lipinski definition) is 0. The van der Waals surface area contributed by atoms with E-state index in [2.05, 4.69) is 140 Å². The van der Waals surface area contributed by atoms with Crippen LogP contribution in [-0.2, 0) is 0 Å². The molecule has 9 rings (SSSR count). The van der Waals surface area contributed by atoms with Crippen LogP contribution in [0.5, 0.6) is 0 Å². The third-order valence-electron chi connectivity index (χ3n) is 8.71. The van der Waals surface area contributed by atoms with Crippen LogP contribution in [0.2, 0.25) is 0 Å². The van der Waals surface area contributed by atoms with Crippen LogP contribution in [0.3, 0.4) is 0 Å². The van der Waals surface area contributed by atoms with Crippen LogP contribution >= 0.6 is 0 Å². The Morgan fingerprint density at radius 1 is 0.273 bits per heavy atom. The first-order chi connectivity index (χ1) is 21.8. The molecule has 0 N–H and O–H groups in total. The van der Waals surface area contributed by atoms with Crippen molar-refractivity contribution in [1.82, 2.24) is 0 Å². The highest BCUT2D eigenvalue weighted by atomic mass is 16.3. The lowest BCUT2D eigenvalue weighted by Gasteiger charge is -2.08. The number of fused-ring (bicyclic) bond motifs is 6. The summed E-state index contributed by atoms with van der Waals surface area (Å²) in [5.41, 5.74) is 12.8. The van der Waals surface area contributed by atoms with E-state index in [1.54, 1.807) is 0 Å². The zero-order valence-corrected chi connectivity index (χ0v) is 23.8. The Labute approximate surface area is 254 Å². The molecule has 2 heteroatoms. The van der Waals surface area contributed by atoms with Gasteiger partial charge in [0.15, 0.2) is 0 Å². The monoisotopic (exact) mass is 562 g/mol. The van der Waals surface area contributed by atoms with Crippen molar-refractivity contribution in [3.8, 4) is 44.5 Å². The number of benzene rings is 7. The highest BCUT2D eigenvalue weighted by molar-refractivity contribution is 6.14. The number of para-hydroxylation sites is 3. The Morgan fingerprint density at radius 2 is 0.773 bits per heavy atom. The molecule has 206 valence electrons. The van der Waals surface area contributed by atoms with E-state index in [-0.39, 0.29) is 0 Å². The predicted molar refractivity (Wildman–Crippen MR) is 183 cm³/mol. The molecule has 0 saturated carbocycles. The summed E-state index contributed by atoms with van der Waals surface area (Å²) in [5.74, 6) is 0. The molecule has 0 aliphatic carbocycles. The molecule has 0 unspecified atom stereocenters. The lowest BCUT2D eigenvalue weighted by molar-refractivity contribution is 0.668. The minimum absolute atomic E-state index is 0.892. The lowest BCUT2D eigenvalue weighted by atomic mass is 9.96. The van der Waals surface area contributed by atoms with Gasteiger partial charge in [0.25, 0.3) is 0 Å². The van der Waals surface area contributed by atoms with Gasteiger partial charge in [0, 0.05) is 32.7 Å². The first kappa shape index (κ1) is 24.7. The molecule has 2 aromatic heterocycles. The fraction of sp³-hybridized carbons (Fsp3) is 0. The predicted octanol–water partition coefficient (Wildman–Crippen LogP) is 12.2. The van der Waals surface area contributed by atoms with Crippen molar-refractivity contribution in [3.63, 3.8) is 0 Å². The van der Waals surface area contributed by atoms with Crippen molar-refractivity contribution in [2.75, 3.05) is 0 Å². The Hall–Kier alpha value is -5.86. The third kappa shape index (κ3) is 3.96. The first-order valence-corrected chi connectivity index (χ1v) is 14.9. The molecule has 2 heterocycles. The SMILES string of the molecule is c1ccc(-c2ccc(-c3cccc(-c4cccc5c4oc4c(-c6ccc7oc8ccccc8c7c6)cccc45)c3)cc2)cc1. The van der Waals surface area contributed by atoms with Gasteiger partial charge >= 0.3 is 0 Å². The van der Waals surface area contributed by atoms with Crippen molar-refractivity contribution in [3.05, 3.63) is 158 Å². The standard InChI is InChI=1S/C42H26O2/c1-2-9-27(10-3-1)28-19-21-29(22-20-28)30-11-6-12-31(25-30)33-14-7-16-36-37-17-8-15-34(42(37)44-41(33)36)32-23-24-40-38(26-32)35-13-4-5-18-39(35)43-40/h1-26H. The summed E-state index contributed by atoms with van der Waals surface area (Å²) in [4.78, 5) is 0. The minimum Gasteiger partial charge on any atom is -0.456 e. The second-order valence-corrected chi connectivity index (χ2v) is 11.3. The fourth-order valence-corrected chi connectivity index (χ4v) is 6.52. The van der Waals surface area contributed by atoms with Crippen molar-refractivity contribution >= 4 is 43.9 Å². The summed E-state index contributed by atoms with van der Waals surface area (Å²) in [6.45, 7) is 0. The van der Waals surface area contributed by atoms with Crippen LogP contribution in [0.15, 0.2) is 167 Å². The summed E-state index contributed by atoms with van der Waals surface area (Å²) < 4.78 is 12.9. The number of furan rings is 2. The highest BCUT2D eigenvalue weighted by Gasteiger charge is 2.17. The van der Waals surface area contributed by atoms with Crippen LogP contribution in [0.25, 0.3) is 88.4 Å². The Balaban J connectivity index is 1.15. The van der Waals surface area contributed by atoms with Crippen LogP contribution in [0.1, 0.15) is 0 Å². The molecule has 0 amide bonds. The third-order valence-corrected chi connectivity index (χ3v) is 8.71. The zero-order valence-electron chi connectivity index (χ0n) is 23.8. The Morgan fingerprint density at radius 3 is 1.52 bits per heavy atom. The largest absolute Gasteiger partial charge is 0.456 e. The van der Waals surface area contributed by atoms with Crippen molar-refractivity contribution < 1.29 is 8.83 Å². The summed E-state index contributed by atoms with van der Waals surface area (Å²) in [6, 6.07) is 55.5. The van der Waals surface area contributed by atoms with E-state index in [9.17, 15) is 0 Å². The van der Waals surface area contributed by atoms with Gasteiger partial charge in [-0.3, -0.25) is 0 Å². The smallest absolute Gasteiger partial charge is 0.143 e. The summed E-state index contributed by atoms with van der Waals surface area (Å²) in [5, 5.41) is 4.47. The minimum atomic E-state index is 0.892. The first-order valence-electron chi connectivity index (χ1n) is 14.9. The van der Waals surface area contributed by atoms with Crippen LogP contribution < -0.4 is 0 Å². The normalized spacial score (nSPS) is 11.6. The van der Waals surface area contributed by atoms with Crippen LogP contribution in [0.4, 0.5) is 0 Å². The molecule has 2 nitrogen and oxygen atoms in total. The zero-order chi connectivity index (χ0) is 29.0. The average molecular weight is 563 g/mol. The fourth-order valence-electron chi connectivity index (χ4n) is 6.52. The van der Waals surface area contributed by atoms with Gasteiger partial charge in [0.1, 0.15) is 22.3 Å². The molecule has 44 heavy (non-hydrogen) atoms. The van der Waals surface area contributed by atoms with E-state index in [4.69, 9.17) is 8.83 Å². The molecule has 0 aliphatic rings. The summed E-state index contributed by atoms with van der Waals surface area (Å²) in [6.07, 6.45) is 0. The Kier molecular flexibility index (Phi) is 5.54. The Bertz CT molecular complexity index is 2480. The molecular weight excluding hydrogens is 536 g/mol. The second-order valence-electron chi connectivity index (χ2n) is 11.3. The molecule has 0 spiro atoms. The van der Waals surface area contributed by atoms with E-state index < -0.39 is 0 Å². The van der Waals surface area contributed by atoms with E-state index in [1.165, 1.54) is 22.3 Å². The van der Waals surface area contributed by atoms with Crippen molar-refractivity contribution in [2.24, 2.45) is 0 Å². The molecular formula is C42H26O2. The van der Waals surface area contributed by atoms with E-state index in [1.807, 2.05) is 18.2 Å². The van der Waals surface area contributed by atoms with Gasteiger partial charge in [-0.2, -0.15) is 0 Å². The van der Waals surface area contributed by atoms with Gasteiger partial charge in [-0.1, -0.05) is 133 Å². The molecule has 0 atom stereocenters. The lowest BCUT2D eigenvalue weighted by Crippen LogP contribution is -1.83. The topological polar surface area (TPSA) is 26.3 Å². The van der Waals surface area contributed by atoms with Gasteiger partial charge in [-0.25, -0.2) is 0 Å². The quantitative estimate of drug-likeness (QED) is 0.213. The molecule has 9 aromatic rings. The molecule has 7 aromatic carbocycles. The summed E-state index contributed by atoms with van der Waals surface area (Å²) in [7, 11) is 0. The molecule has 0 fully saturated rings. The van der Waals surface area contributed by atoms with Gasteiger partial charge < -0.3 is 8.83 Å². The van der Waals surface area contributed by atoms with E-state index in [0.717, 1.165) is 66.1 Å². The number of rotatable bonds is 4. The number of hydrogen-bond acceptors (Lipinski definition) is 2. The molecule has 0 saturated heterocycles. The van der Waals surface area contributed by atoms with Gasteiger partial charge in [-0.15, -0.1) is 0 Å². The van der Waals surface area contributed by atoms with E-state index in [0.29, 0.717) is 0 Å². The average Bonchev–Trinajstić information content (AvgIpc) is 3.67. The van der Waals surface area contributed by atoms with Gasteiger partial charge in [0.05, 0.1) is 0 Å². The highest BCUT2D eigenvalue weighted by Crippen LogP contribution is 2.41.